The second kappa shape index (κ2) is 7.97. The van der Waals surface area contributed by atoms with Crippen LogP contribution in [0, 0.1) is 0 Å². The normalized spacial score (nSPS) is 13.9. The molecule has 0 aliphatic carbocycles. The minimum absolute atomic E-state index is 0.115. The molecular weight excluding hydrogens is 388 g/mol. The molecule has 1 atom stereocenters. The number of carbonyl (C=O) groups excluding carboxylic acids is 3. The Hall–Kier alpha value is -3.32. The number of hydrogen-bond acceptors (Lipinski definition) is 5. The summed E-state index contributed by atoms with van der Waals surface area (Å²) < 4.78 is 5.33. The number of nitrogens with one attached hydrogen (secondary N) is 2. The van der Waals surface area contributed by atoms with E-state index in [4.69, 9.17) is 4.74 Å². The molecule has 146 valence electrons. The fourth-order valence-electron chi connectivity index (χ4n) is 3.06. The van der Waals surface area contributed by atoms with Crippen molar-refractivity contribution in [2.24, 2.45) is 0 Å². The van der Waals surface area contributed by atoms with E-state index in [9.17, 15) is 14.4 Å². The minimum Gasteiger partial charge on any atom is -0.449 e. The molecule has 1 aliphatic rings. The lowest BCUT2D eigenvalue weighted by atomic mass is 10.1. The van der Waals surface area contributed by atoms with Gasteiger partial charge in [0.25, 0.3) is 5.91 Å². The van der Waals surface area contributed by atoms with Crippen LogP contribution in [0.3, 0.4) is 0 Å². The summed E-state index contributed by atoms with van der Waals surface area (Å²) in [6, 6.07) is 18.3. The van der Waals surface area contributed by atoms with Crippen molar-refractivity contribution < 1.29 is 19.1 Å². The van der Waals surface area contributed by atoms with E-state index in [1.807, 2.05) is 36.4 Å². The minimum atomic E-state index is -0.985. The smallest absolute Gasteiger partial charge is 0.338 e. The summed E-state index contributed by atoms with van der Waals surface area (Å²) in [5, 5.41) is 7.47. The number of anilines is 2. The Morgan fingerprint density at radius 2 is 1.90 bits per heavy atom. The molecule has 3 aromatic carbocycles. The topological polar surface area (TPSA) is 84.5 Å². The number of hydrogen-bond donors (Lipinski definition) is 2. The van der Waals surface area contributed by atoms with Gasteiger partial charge in [0, 0.05) is 16.0 Å². The molecule has 6 nitrogen and oxygen atoms in total. The Balaban J connectivity index is 1.45. The lowest BCUT2D eigenvalue weighted by Gasteiger charge is -2.18. The maximum Gasteiger partial charge on any atom is 0.338 e. The summed E-state index contributed by atoms with van der Waals surface area (Å²) >= 11 is 1.41. The van der Waals surface area contributed by atoms with Crippen molar-refractivity contribution in [1.82, 2.24) is 0 Å². The number of esters is 1. The highest BCUT2D eigenvalue weighted by Crippen LogP contribution is 2.32. The summed E-state index contributed by atoms with van der Waals surface area (Å²) in [6.45, 7) is 1.52. The zero-order valence-electron chi connectivity index (χ0n) is 15.6. The molecule has 0 aromatic heterocycles. The molecule has 7 heteroatoms. The van der Waals surface area contributed by atoms with E-state index in [0.29, 0.717) is 17.1 Å². The lowest BCUT2D eigenvalue weighted by molar-refractivity contribution is -0.123. The molecule has 2 N–H and O–H groups in total. The molecule has 1 heterocycles. The first-order valence-electron chi connectivity index (χ1n) is 9.07. The third kappa shape index (κ3) is 4.09. The Morgan fingerprint density at radius 3 is 2.76 bits per heavy atom. The van der Waals surface area contributed by atoms with E-state index >= 15 is 0 Å². The van der Waals surface area contributed by atoms with E-state index in [2.05, 4.69) is 10.6 Å². The van der Waals surface area contributed by atoms with Gasteiger partial charge < -0.3 is 15.4 Å². The van der Waals surface area contributed by atoms with Gasteiger partial charge in [0.05, 0.1) is 17.0 Å². The van der Waals surface area contributed by atoms with Crippen molar-refractivity contribution in [1.29, 1.82) is 0 Å². The Bertz CT molecular complexity index is 1120. The molecule has 0 fully saturated rings. The van der Waals surface area contributed by atoms with Crippen LogP contribution in [0.15, 0.2) is 65.6 Å². The van der Waals surface area contributed by atoms with Gasteiger partial charge in [-0.25, -0.2) is 4.79 Å². The van der Waals surface area contributed by atoms with E-state index in [-0.39, 0.29) is 11.5 Å². The number of thioether (sulfide) groups is 1. The molecule has 3 aromatic rings. The van der Waals surface area contributed by atoms with Crippen molar-refractivity contribution in [2.45, 2.75) is 17.9 Å². The average Bonchev–Trinajstić information content (AvgIpc) is 2.73. The number of fused-ring (bicyclic) bond motifs is 2. The summed E-state index contributed by atoms with van der Waals surface area (Å²) in [5.41, 5.74) is 1.51. The van der Waals surface area contributed by atoms with E-state index in [1.54, 1.807) is 24.3 Å². The maximum atomic E-state index is 12.5. The first-order valence-corrected chi connectivity index (χ1v) is 10.1. The molecule has 2 amide bonds. The zero-order valence-corrected chi connectivity index (χ0v) is 16.4. The molecule has 4 rings (SSSR count). The Labute approximate surface area is 171 Å². The predicted molar refractivity (Wildman–Crippen MR) is 113 cm³/mol. The molecule has 0 spiro atoms. The molecule has 0 saturated carbocycles. The summed E-state index contributed by atoms with van der Waals surface area (Å²) in [7, 11) is 0. The number of benzene rings is 3. The van der Waals surface area contributed by atoms with Crippen molar-refractivity contribution >= 4 is 51.7 Å². The first kappa shape index (κ1) is 19.0. The van der Waals surface area contributed by atoms with Gasteiger partial charge in [0.15, 0.2) is 6.10 Å². The van der Waals surface area contributed by atoms with Gasteiger partial charge in [-0.1, -0.05) is 36.4 Å². The summed E-state index contributed by atoms with van der Waals surface area (Å²) in [4.78, 5) is 37.5. The van der Waals surface area contributed by atoms with Crippen LogP contribution in [0.2, 0.25) is 0 Å². The first-order chi connectivity index (χ1) is 14.0. The van der Waals surface area contributed by atoms with E-state index in [0.717, 1.165) is 15.7 Å². The van der Waals surface area contributed by atoms with Crippen LogP contribution in [0.5, 0.6) is 0 Å². The van der Waals surface area contributed by atoms with Crippen molar-refractivity contribution in [3.05, 3.63) is 66.2 Å². The summed E-state index contributed by atoms with van der Waals surface area (Å²) in [6.07, 6.45) is -0.985. The van der Waals surface area contributed by atoms with Crippen molar-refractivity contribution in [3.63, 3.8) is 0 Å². The second-order valence-electron chi connectivity index (χ2n) is 6.61. The van der Waals surface area contributed by atoms with Crippen LogP contribution >= 0.6 is 11.8 Å². The predicted octanol–water partition coefficient (Wildman–Crippen LogP) is 4.07. The van der Waals surface area contributed by atoms with Gasteiger partial charge in [0.1, 0.15) is 0 Å². The van der Waals surface area contributed by atoms with Crippen LogP contribution < -0.4 is 10.6 Å². The quantitative estimate of drug-likeness (QED) is 0.638. The molecule has 1 aliphatic heterocycles. The number of carbonyl (C=O) groups is 3. The molecular formula is C22H18N2O4S. The largest absolute Gasteiger partial charge is 0.449 e. The maximum absolute atomic E-state index is 12.5. The van der Waals surface area contributed by atoms with Crippen LogP contribution in [-0.4, -0.2) is 29.6 Å². The van der Waals surface area contributed by atoms with Gasteiger partial charge in [0.2, 0.25) is 5.91 Å². The van der Waals surface area contributed by atoms with Crippen LogP contribution in [0.1, 0.15) is 17.3 Å². The third-order valence-corrected chi connectivity index (χ3v) is 5.62. The zero-order chi connectivity index (χ0) is 20.4. The van der Waals surface area contributed by atoms with Crippen molar-refractivity contribution in [2.75, 3.05) is 16.4 Å². The van der Waals surface area contributed by atoms with Crippen LogP contribution in [0.4, 0.5) is 11.4 Å². The fraction of sp³-hybridized carbons (Fsp3) is 0.136. The third-order valence-electron chi connectivity index (χ3n) is 4.55. The fourth-order valence-corrected chi connectivity index (χ4v) is 3.85. The Morgan fingerprint density at radius 1 is 1.10 bits per heavy atom. The highest BCUT2D eigenvalue weighted by Gasteiger charge is 2.22. The highest BCUT2D eigenvalue weighted by atomic mass is 32.2. The molecule has 0 saturated heterocycles. The molecule has 0 radical (unpaired) electrons. The number of amides is 2. The lowest BCUT2D eigenvalue weighted by Crippen LogP contribution is -2.30. The van der Waals surface area contributed by atoms with Crippen molar-refractivity contribution in [3.8, 4) is 0 Å². The molecule has 29 heavy (non-hydrogen) atoms. The van der Waals surface area contributed by atoms with Gasteiger partial charge in [-0.15, -0.1) is 11.8 Å². The van der Waals surface area contributed by atoms with E-state index in [1.165, 1.54) is 18.7 Å². The highest BCUT2D eigenvalue weighted by molar-refractivity contribution is 8.00. The SMILES string of the molecule is C[C@@H](OC(=O)c1ccc2c(c1)NC(=O)CS2)C(=O)Nc1cccc2ccccc12. The van der Waals surface area contributed by atoms with Crippen LogP contribution in [-0.2, 0) is 14.3 Å². The van der Waals surface area contributed by atoms with Gasteiger partial charge >= 0.3 is 5.97 Å². The second-order valence-corrected chi connectivity index (χ2v) is 7.63. The summed E-state index contributed by atoms with van der Waals surface area (Å²) in [5.74, 6) is -0.812. The monoisotopic (exact) mass is 406 g/mol. The van der Waals surface area contributed by atoms with E-state index < -0.39 is 18.0 Å². The van der Waals surface area contributed by atoms with Gasteiger partial charge in [-0.3, -0.25) is 9.59 Å². The molecule has 0 bridgehead atoms. The Kier molecular flexibility index (Phi) is 5.22. The van der Waals surface area contributed by atoms with Crippen LogP contribution in [0.25, 0.3) is 10.8 Å². The number of ether oxygens (including phenoxy) is 1. The van der Waals surface area contributed by atoms with Gasteiger partial charge in [-0.05, 0) is 36.6 Å². The number of rotatable bonds is 4. The van der Waals surface area contributed by atoms with Gasteiger partial charge in [-0.2, -0.15) is 0 Å². The standard InChI is InChI=1S/C22H18N2O4S/c1-13(21(26)24-17-8-4-6-14-5-2-3-7-16(14)17)28-22(27)15-9-10-19-18(11-15)23-20(25)12-29-19/h2-11,13H,12H2,1H3,(H,23,25)(H,24,26)/t13-/m1/s1. The average molecular weight is 406 g/mol. The molecule has 0 unspecified atom stereocenters.